The highest BCUT2D eigenvalue weighted by Gasteiger charge is 2.21. The van der Waals surface area contributed by atoms with Crippen LogP contribution in [-0.4, -0.2) is 36.1 Å². The number of amides is 1. The van der Waals surface area contributed by atoms with Crippen LogP contribution in [0.4, 0.5) is 4.39 Å². The van der Waals surface area contributed by atoms with E-state index in [2.05, 4.69) is 11.8 Å². The molecule has 0 saturated heterocycles. The highest BCUT2D eigenvalue weighted by atomic mass is 19.1. The molecule has 0 radical (unpaired) electrons. The maximum Gasteiger partial charge on any atom is 0.254 e. The smallest absolute Gasteiger partial charge is 0.254 e. The highest BCUT2D eigenvalue weighted by Crippen LogP contribution is 2.25. The Morgan fingerprint density at radius 2 is 2.14 bits per heavy atom. The average molecular weight is 289 g/mol. The first-order chi connectivity index (χ1) is 10.1. The third-order valence-corrected chi connectivity index (χ3v) is 3.87. The lowest BCUT2D eigenvalue weighted by atomic mass is 10.0. The molecular weight excluding hydrogens is 269 g/mol. The van der Waals surface area contributed by atoms with Crippen LogP contribution in [0.25, 0.3) is 0 Å². The van der Waals surface area contributed by atoms with Gasteiger partial charge in [-0.15, -0.1) is 0 Å². The van der Waals surface area contributed by atoms with E-state index in [-0.39, 0.29) is 18.1 Å². The van der Waals surface area contributed by atoms with Gasteiger partial charge in [-0.25, -0.2) is 4.39 Å². The quantitative estimate of drug-likeness (QED) is 0.868. The zero-order chi connectivity index (χ0) is 15.2. The summed E-state index contributed by atoms with van der Waals surface area (Å²) in [6.45, 7) is 0.408. The number of benzene rings is 1. The largest absolute Gasteiger partial charge is 0.384 e. The van der Waals surface area contributed by atoms with Gasteiger partial charge in [0.05, 0.1) is 5.56 Å². The minimum Gasteiger partial charge on any atom is -0.384 e. The fourth-order valence-electron chi connectivity index (χ4n) is 2.81. The van der Waals surface area contributed by atoms with Gasteiger partial charge in [0, 0.05) is 19.2 Å². The lowest BCUT2D eigenvalue weighted by Crippen LogP contribution is -2.31. The van der Waals surface area contributed by atoms with Gasteiger partial charge in [-0.1, -0.05) is 24.7 Å². The van der Waals surface area contributed by atoms with Gasteiger partial charge in [-0.3, -0.25) is 4.79 Å². The molecule has 0 spiro atoms. The van der Waals surface area contributed by atoms with Crippen molar-refractivity contribution in [1.82, 2.24) is 4.90 Å². The number of rotatable bonds is 3. The Morgan fingerprint density at radius 3 is 2.81 bits per heavy atom. The summed E-state index contributed by atoms with van der Waals surface area (Å²) in [4.78, 5) is 14.1. The standard InChI is InChI=1S/C17H20FNO2/c1-19(12-13-5-2-3-6-13)17(21)16-11-15(18)9-8-14(16)7-4-10-20/h8-9,11,13,20H,2-3,5-6,10,12H2,1H3. The molecule has 1 fully saturated rings. The monoisotopic (exact) mass is 289 g/mol. The van der Waals surface area contributed by atoms with E-state index in [9.17, 15) is 9.18 Å². The molecule has 3 nitrogen and oxygen atoms in total. The highest BCUT2D eigenvalue weighted by molar-refractivity contribution is 5.96. The Labute approximate surface area is 124 Å². The van der Waals surface area contributed by atoms with Crippen molar-refractivity contribution in [2.24, 2.45) is 5.92 Å². The van der Waals surface area contributed by atoms with Crippen molar-refractivity contribution in [3.63, 3.8) is 0 Å². The third kappa shape index (κ3) is 4.05. The Kier molecular flexibility index (Phi) is 5.35. The lowest BCUT2D eigenvalue weighted by Gasteiger charge is -2.21. The molecule has 1 aromatic carbocycles. The van der Waals surface area contributed by atoms with Crippen molar-refractivity contribution < 1.29 is 14.3 Å². The first kappa shape index (κ1) is 15.5. The van der Waals surface area contributed by atoms with Gasteiger partial charge in [0.2, 0.25) is 0 Å². The van der Waals surface area contributed by atoms with E-state index in [0.717, 1.165) is 12.8 Å². The molecule has 0 aliphatic heterocycles. The minimum atomic E-state index is -0.456. The molecule has 2 rings (SSSR count). The number of hydrogen-bond acceptors (Lipinski definition) is 2. The van der Waals surface area contributed by atoms with E-state index in [1.165, 1.54) is 31.0 Å². The van der Waals surface area contributed by atoms with Crippen LogP contribution >= 0.6 is 0 Å². The maximum absolute atomic E-state index is 13.4. The molecular formula is C17H20FNO2. The number of hydrogen-bond donors (Lipinski definition) is 1. The SMILES string of the molecule is CN(CC1CCCC1)C(=O)c1cc(F)ccc1C#CCO. The van der Waals surface area contributed by atoms with Crippen LogP contribution in [0.1, 0.15) is 41.6 Å². The van der Waals surface area contributed by atoms with Gasteiger partial charge < -0.3 is 10.0 Å². The zero-order valence-corrected chi connectivity index (χ0v) is 12.2. The normalized spacial score (nSPS) is 14.6. The van der Waals surface area contributed by atoms with Crippen LogP contribution in [0.5, 0.6) is 0 Å². The second-order valence-electron chi connectivity index (χ2n) is 5.49. The van der Waals surface area contributed by atoms with Crippen molar-refractivity contribution >= 4 is 5.91 Å². The van der Waals surface area contributed by atoms with Crippen LogP contribution in [0.15, 0.2) is 18.2 Å². The number of aliphatic hydroxyl groups is 1. The second kappa shape index (κ2) is 7.24. The molecule has 21 heavy (non-hydrogen) atoms. The number of carbonyl (C=O) groups excluding carboxylic acids is 1. The topological polar surface area (TPSA) is 40.5 Å². The van der Waals surface area contributed by atoms with Crippen LogP contribution in [0.2, 0.25) is 0 Å². The van der Waals surface area contributed by atoms with Crippen molar-refractivity contribution in [3.8, 4) is 11.8 Å². The van der Waals surface area contributed by atoms with Crippen molar-refractivity contribution in [2.75, 3.05) is 20.2 Å². The van der Waals surface area contributed by atoms with E-state index in [1.54, 1.807) is 11.9 Å². The summed E-state index contributed by atoms with van der Waals surface area (Å²) in [7, 11) is 1.74. The number of nitrogens with zero attached hydrogens (tertiary/aromatic N) is 1. The lowest BCUT2D eigenvalue weighted by molar-refractivity contribution is 0.0772. The number of aliphatic hydroxyl groups excluding tert-OH is 1. The van der Waals surface area contributed by atoms with Gasteiger partial charge in [0.25, 0.3) is 5.91 Å². The van der Waals surface area contributed by atoms with Crippen LogP contribution in [0.3, 0.4) is 0 Å². The Bertz CT molecular complexity index is 568. The average Bonchev–Trinajstić information content (AvgIpc) is 2.98. The minimum absolute atomic E-state index is 0.219. The third-order valence-electron chi connectivity index (χ3n) is 3.87. The van der Waals surface area contributed by atoms with Crippen molar-refractivity contribution in [3.05, 3.63) is 35.1 Å². The van der Waals surface area contributed by atoms with Gasteiger partial charge in [0.1, 0.15) is 12.4 Å². The number of halogens is 1. The van der Waals surface area contributed by atoms with Gasteiger partial charge in [-0.05, 0) is 37.0 Å². The zero-order valence-electron chi connectivity index (χ0n) is 12.2. The molecule has 112 valence electrons. The Morgan fingerprint density at radius 1 is 1.43 bits per heavy atom. The van der Waals surface area contributed by atoms with E-state index >= 15 is 0 Å². The molecule has 0 heterocycles. The molecule has 1 amide bonds. The predicted octanol–water partition coefficient (Wildman–Crippen LogP) is 2.43. The first-order valence-corrected chi connectivity index (χ1v) is 7.26. The fraction of sp³-hybridized carbons (Fsp3) is 0.471. The molecule has 1 N–H and O–H groups in total. The van der Waals surface area contributed by atoms with E-state index < -0.39 is 5.82 Å². The molecule has 1 aliphatic rings. The molecule has 1 aliphatic carbocycles. The van der Waals surface area contributed by atoms with Crippen LogP contribution < -0.4 is 0 Å². The van der Waals surface area contributed by atoms with Gasteiger partial charge in [0.15, 0.2) is 0 Å². The summed E-state index contributed by atoms with van der Waals surface area (Å²) in [6, 6.07) is 3.97. The summed E-state index contributed by atoms with van der Waals surface area (Å²) in [5.74, 6) is 5.08. The molecule has 0 aromatic heterocycles. The summed E-state index contributed by atoms with van der Waals surface area (Å²) in [5, 5.41) is 8.77. The van der Waals surface area contributed by atoms with E-state index in [4.69, 9.17) is 5.11 Å². The molecule has 1 saturated carbocycles. The van der Waals surface area contributed by atoms with Crippen LogP contribution in [-0.2, 0) is 0 Å². The molecule has 0 unspecified atom stereocenters. The Hall–Kier alpha value is -1.86. The molecule has 0 bridgehead atoms. The van der Waals surface area contributed by atoms with Gasteiger partial charge >= 0.3 is 0 Å². The molecule has 4 heteroatoms. The summed E-state index contributed by atoms with van der Waals surface area (Å²) in [5.41, 5.74) is 0.713. The molecule has 0 atom stereocenters. The van der Waals surface area contributed by atoms with Crippen molar-refractivity contribution in [2.45, 2.75) is 25.7 Å². The summed E-state index contributed by atoms with van der Waals surface area (Å²) >= 11 is 0. The molecule has 1 aromatic rings. The van der Waals surface area contributed by atoms with Crippen molar-refractivity contribution in [1.29, 1.82) is 0 Å². The van der Waals surface area contributed by atoms with Gasteiger partial charge in [-0.2, -0.15) is 0 Å². The summed E-state index contributed by atoms with van der Waals surface area (Å²) < 4.78 is 13.4. The Balaban J connectivity index is 2.18. The summed E-state index contributed by atoms with van der Waals surface area (Å²) in [6.07, 6.45) is 4.75. The maximum atomic E-state index is 13.4. The number of carbonyl (C=O) groups is 1. The second-order valence-corrected chi connectivity index (χ2v) is 5.49. The first-order valence-electron chi connectivity index (χ1n) is 7.26. The van der Waals surface area contributed by atoms with E-state index in [0.29, 0.717) is 18.0 Å². The van der Waals surface area contributed by atoms with Crippen LogP contribution in [0, 0.1) is 23.6 Å². The predicted molar refractivity (Wildman–Crippen MR) is 79.3 cm³/mol. The van der Waals surface area contributed by atoms with E-state index in [1.807, 2.05) is 0 Å². The fourth-order valence-corrected chi connectivity index (χ4v) is 2.81.